The van der Waals surface area contributed by atoms with Gasteiger partial charge in [0.1, 0.15) is 0 Å². The number of anilines is 1. The monoisotopic (exact) mass is 601 g/mol. The molecule has 0 spiro atoms. The van der Waals surface area contributed by atoms with E-state index in [4.69, 9.17) is 4.74 Å². The summed E-state index contributed by atoms with van der Waals surface area (Å²) in [6.07, 6.45) is 0.116. The molecule has 0 radical (unpaired) electrons. The van der Waals surface area contributed by atoms with E-state index < -0.39 is 12.0 Å². The van der Waals surface area contributed by atoms with Crippen LogP contribution in [0, 0.1) is 6.92 Å². The van der Waals surface area contributed by atoms with E-state index in [9.17, 15) is 19.2 Å². The average molecular weight is 602 g/mol. The molecule has 2 aliphatic heterocycles. The van der Waals surface area contributed by atoms with Crippen molar-refractivity contribution in [1.29, 1.82) is 0 Å². The SMILES string of the molecule is Cc1ccc(C(=O)COC(=O)c2ccc(N3C(=O)CC(N4CCN(C(c5ccccc5)c5ccccc5)CC4)C3=O)cc2)cc1. The number of amides is 2. The molecule has 4 aromatic carbocycles. The highest BCUT2D eigenvalue weighted by atomic mass is 16.5. The van der Waals surface area contributed by atoms with Crippen molar-refractivity contribution in [3.05, 3.63) is 137 Å². The van der Waals surface area contributed by atoms with Crippen molar-refractivity contribution >= 4 is 29.3 Å². The fourth-order valence-electron chi connectivity index (χ4n) is 6.15. The normalized spacial score (nSPS) is 17.6. The fraction of sp³-hybridized carbons (Fsp3) is 0.243. The lowest BCUT2D eigenvalue weighted by Crippen LogP contribution is -2.53. The minimum Gasteiger partial charge on any atom is -0.454 e. The summed E-state index contributed by atoms with van der Waals surface area (Å²) < 4.78 is 5.21. The molecule has 228 valence electrons. The maximum atomic E-state index is 13.5. The summed E-state index contributed by atoms with van der Waals surface area (Å²) >= 11 is 0. The molecule has 2 amide bonds. The van der Waals surface area contributed by atoms with Crippen LogP contribution >= 0.6 is 0 Å². The van der Waals surface area contributed by atoms with Crippen LogP contribution in [0.1, 0.15) is 49.9 Å². The lowest BCUT2D eigenvalue weighted by molar-refractivity contribution is -0.123. The first-order valence-electron chi connectivity index (χ1n) is 15.2. The highest BCUT2D eigenvalue weighted by Gasteiger charge is 2.43. The van der Waals surface area contributed by atoms with Crippen LogP contribution in [-0.4, -0.2) is 72.2 Å². The van der Waals surface area contributed by atoms with Crippen LogP contribution in [-0.2, 0) is 14.3 Å². The molecule has 8 nitrogen and oxygen atoms in total. The molecular formula is C37H35N3O5. The zero-order chi connectivity index (χ0) is 31.3. The predicted octanol–water partition coefficient (Wildman–Crippen LogP) is 5.07. The molecule has 0 N–H and O–H groups in total. The largest absolute Gasteiger partial charge is 0.454 e. The zero-order valence-electron chi connectivity index (χ0n) is 25.2. The van der Waals surface area contributed by atoms with Crippen molar-refractivity contribution in [2.45, 2.75) is 25.4 Å². The van der Waals surface area contributed by atoms with E-state index in [1.165, 1.54) is 28.2 Å². The number of esters is 1. The van der Waals surface area contributed by atoms with Crippen molar-refractivity contribution in [3.63, 3.8) is 0 Å². The van der Waals surface area contributed by atoms with Gasteiger partial charge in [-0.3, -0.25) is 24.2 Å². The summed E-state index contributed by atoms with van der Waals surface area (Å²) in [5.74, 6) is -1.47. The van der Waals surface area contributed by atoms with Crippen LogP contribution in [0.2, 0.25) is 0 Å². The van der Waals surface area contributed by atoms with Crippen molar-refractivity contribution in [2.75, 3.05) is 37.7 Å². The minimum atomic E-state index is -0.652. The molecule has 2 heterocycles. The number of benzene rings is 4. The Morgan fingerprint density at radius 2 is 1.29 bits per heavy atom. The predicted molar refractivity (Wildman–Crippen MR) is 171 cm³/mol. The summed E-state index contributed by atoms with van der Waals surface area (Å²) in [5, 5.41) is 0. The number of aryl methyl sites for hydroxylation is 1. The Morgan fingerprint density at radius 3 is 1.87 bits per heavy atom. The topological polar surface area (TPSA) is 87.2 Å². The molecule has 1 unspecified atom stereocenters. The van der Waals surface area contributed by atoms with E-state index in [0.29, 0.717) is 24.3 Å². The Hall–Kier alpha value is -4.92. The third-order valence-electron chi connectivity index (χ3n) is 8.58. The van der Waals surface area contributed by atoms with Gasteiger partial charge in [-0.15, -0.1) is 0 Å². The van der Waals surface area contributed by atoms with Gasteiger partial charge in [0.15, 0.2) is 12.4 Å². The number of ketones is 1. The highest BCUT2D eigenvalue weighted by molar-refractivity contribution is 6.22. The van der Waals surface area contributed by atoms with Gasteiger partial charge >= 0.3 is 5.97 Å². The molecule has 8 heteroatoms. The zero-order valence-corrected chi connectivity index (χ0v) is 25.2. The van der Waals surface area contributed by atoms with Gasteiger partial charge in [0.2, 0.25) is 5.91 Å². The molecule has 0 saturated carbocycles. The number of rotatable bonds is 9. The molecule has 45 heavy (non-hydrogen) atoms. The lowest BCUT2D eigenvalue weighted by Gasteiger charge is -2.41. The van der Waals surface area contributed by atoms with Gasteiger partial charge in [0.05, 0.1) is 29.8 Å². The summed E-state index contributed by atoms with van der Waals surface area (Å²) in [5.41, 5.74) is 4.59. The van der Waals surface area contributed by atoms with Crippen LogP contribution in [0.15, 0.2) is 109 Å². The Balaban J connectivity index is 1.07. The second-order valence-electron chi connectivity index (χ2n) is 11.5. The minimum absolute atomic E-state index is 0.109. The van der Waals surface area contributed by atoms with E-state index >= 15 is 0 Å². The average Bonchev–Trinajstić information content (AvgIpc) is 3.38. The molecule has 2 aliphatic rings. The number of ether oxygens (including phenoxy) is 1. The lowest BCUT2D eigenvalue weighted by atomic mass is 9.96. The summed E-state index contributed by atoms with van der Waals surface area (Å²) in [6.45, 7) is 4.40. The van der Waals surface area contributed by atoms with Gasteiger partial charge in [0.25, 0.3) is 5.91 Å². The summed E-state index contributed by atoms with van der Waals surface area (Å²) in [6, 6.07) is 33.7. The molecule has 0 aromatic heterocycles. The van der Waals surface area contributed by atoms with Crippen LogP contribution in [0.4, 0.5) is 5.69 Å². The third kappa shape index (κ3) is 6.62. The van der Waals surface area contributed by atoms with Gasteiger partial charge in [-0.05, 0) is 42.3 Å². The quantitative estimate of drug-likeness (QED) is 0.150. The molecule has 6 rings (SSSR count). The summed E-state index contributed by atoms with van der Waals surface area (Å²) in [4.78, 5) is 57.3. The second-order valence-corrected chi connectivity index (χ2v) is 11.5. The summed E-state index contributed by atoms with van der Waals surface area (Å²) in [7, 11) is 0. The number of carbonyl (C=O) groups excluding carboxylic acids is 4. The van der Waals surface area contributed by atoms with Crippen molar-refractivity contribution in [3.8, 4) is 0 Å². The van der Waals surface area contributed by atoms with Gasteiger partial charge in [-0.2, -0.15) is 0 Å². The van der Waals surface area contributed by atoms with Crippen molar-refractivity contribution < 1.29 is 23.9 Å². The number of Topliss-reactive ketones (excluding diaryl/α,β-unsaturated/α-hetero) is 1. The number of nitrogens with zero attached hydrogens (tertiary/aromatic N) is 3. The third-order valence-corrected chi connectivity index (χ3v) is 8.58. The van der Waals surface area contributed by atoms with Crippen LogP contribution in [0.25, 0.3) is 0 Å². The van der Waals surface area contributed by atoms with Gasteiger partial charge in [-0.25, -0.2) is 9.69 Å². The maximum Gasteiger partial charge on any atom is 0.338 e. The van der Waals surface area contributed by atoms with Crippen LogP contribution in [0.5, 0.6) is 0 Å². The first kappa shape index (κ1) is 30.1. The number of carbonyl (C=O) groups is 4. The molecule has 2 saturated heterocycles. The van der Waals surface area contributed by atoms with Crippen LogP contribution in [0.3, 0.4) is 0 Å². The van der Waals surface area contributed by atoms with Crippen LogP contribution < -0.4 is 4.90 Å². The Labute approximate surface area is 262 Å². The fourth-order valence-corrected chi connectivity index (χ4v) is 6.15. The number of piperazine rings is 1. The van der Waals surface area contributed by atoms with E-state index in [1.54, 1.807) is 24.3 Å². The Morgan fingerprint density at radius 1 is 0.733 bits per heavy atom. The van der Waals surface area contributed by atoms with Gasteiger partial charge in [-0.1, -0.05) is 90.5 Å². The second kappa shape index (κ2) is 13.4. The number of hydrogen-bond donors (Lipinski definition) is 0. The smallest absolute Gasteiger partial charge is 0.338 e. The Kier molecular flexibility index (Phi) is 8.96. The van der Waals surface area contributed by atoms with E-state index in [0.717, 1.165) is 18.7 Å². The first-order chi connectivity index (χ1) is 21.9. The molecule has 1 atom stereocenters. The molecule has 0 bridgehead atoms. The standard InChI is InChI=1S/C37H35N3O5/c1-26-12-14-27(15-13-26)33(41)25-45-37(44)30-16-18-31(19-17-30)40-34(42)24-32(36(40)43)38-20-22-39(23-21-38)35(28-8-4-2-5-9-28)29-10-6-3-7-11-29/h2-19,32,35H,20-25H2,1H3. The van der Waals surface area contributed by atoms with Crippen molar-refractivity contribution in [1.82, 2.24) is 9.80 Å². The van der Waals surface area contributed by atoms with E-state index in [2.05, 4.69) is 58.3 Å². The van der Waals surface area contributed by atoms with Gasteiger partial charge in [0, 0.05) is 31.7 Å². The van der Waals surface area contributed by atoms with E-state index in [-0.39, 0.29) is 42.2 Å². The van der Waals surface area contributed by atoms with Gasteiger partial charge < -0.3 is 4.74 Å². The molecular weight excluding hydrogens is 566 g/mol. The van der Waals surface area contributed by atoms with E-state index in [1.807, 2.05) is 31.2 Å². The number of imide groups is 1. The number of hydrogen-bond acceptors (Lipinski definition) is 7. The first-order valence-corrected chi connectivity index (χ1v) is 15.2. The maximum absolute atomic E-state index is 13.5. The highest BCUT2D eigenvalue weighted by Crippen LogP contribution is 2.31. The molecule has 2 fully saturated rings. The molecule has 4 aromatic rings. The molecule has 0 aliphatic carbocycles. The Bertz CT molecular complexity index is 1630. The van der Waals surface area contributed by atoms with Crippen molar-refractivity contribution in [2.24, 2.45) is 0 Å².